The van der Waals surface area contributed by atoms with E-state index in [1.807, 2.05) is 32.6 Å². The standard InChI is InChI=1S/C16H23ClN4O4/c1-10-9-20(15(24)25-16(2,3)4)6-5-7-21(10)12-8-11(17)18-13(19-12)14(22)23/h8,10H,5-7,9H2,1-4H3,(H,22,23)/t10-/m0/s1. The molecule has 0 radical (unpaired) electrons. The monoisotopic (exact) mass is 370 g/mol. The highest BCUT2D eigenvalue weighted by Crippen LogP contribution is 2.22. The molecule has 9 heteroatoms. The number of carbonyl (C=O) groups excluding carboxylic acids is 1. The predicted molar refractivity (Wildman–Crippen MR) is 93.2 cm³/mol. The smallest absolute Gasteiger partial charge is 0.410 e. The van der Waals surface area contributed by atoms with E-state index in [0.29, 0.717) is 31.9 Å². The van der Waals surface area contributed by atoms with Crippen molar-refractivity contribution in [1.29, 1.82) is 0 Å². The Morgan fingerprint density at radius 3 is 2.60 bits per heavy atom. The number of amides is 1. The summed E-state index contributed by atoms with van der Waals surface area (Å²) in [5.74, 6) is -1.14. The first-order valence-corrected chi connectivity index (χ1v) is 8.47. The summed E-state index contributed by atoms with van der Waals surface area (Å²) in [5.41, 5.74) is -0.553. The number of hydrogen-bond acceptors (Lipinski definition) is 6. The number of nitrogens with zero attached hydrogens (tertiary/aromatic N) is 4. The van der Waals surface area contributed by atoms with Gasteiger partial charge in [0.25, 0.3) is 0 Å². The molecule has 0 spiro atoms. The fraction of sp³-hybridized carbons (Fsp3) is 0.625. The van der Waals surface area contributed by atoms with Gasteiger partial charge in [-0.1, -0.05) is 11.6 Å². The summed E-state index contributed by atoms with van der Waals surface area (Å²) in [4.78, 5) is 34.8. The molecule has 8 nitrogen and oxygen atoms in total. The third-order valence-electron chi connectivity index (χ3n) is 3.66. The van der Waals surface area contributed by atoms with Crippen molar-refractivity contribution in [3.63, 3.8) is 0 Å². The summed E-state index contributed by atoms with van der Waals surface area (Å²) in [5, 5.41) is 9.18. The Balaban J connectivity index is 2.18. The molecule has 1 aliphatic heterocycles. The maximum absolute atomic E-state index is 12.3. The van der Waals surface area contributed by atoms with E-state index in [-0.39, 0.29) is 23.1 Å². The molecule has 2 heterocycles. The van der Waals surface area contributed by atoms with Crippen molar-refractivity contribution in [2.45, 2.75) is 45.8 Å². The van der Waals surface area contributed by atoms with Gasteiger partial charge in [-0.25, -0.2) is 19.6 Å². The van der Waals surface area contributed by atoms with Gasteiger partial charge < -0.3 is 19.6 Å². The molecule has 1 saturated heterocycles. The van der Waals surface area contributed by atoms with Crippen LogP contribution < -0.4 is 4.90 Å². The third kappa shape index (κ3) is 5.19. The zero-order valence-corrected chi connectivity index (χ0v) is 15.6. The van der Waals surface area contributed by atoms with E-state index in [1.54, 1.807) is 4.90 Å². The predicted octanol–water partition coefficient (Wildman–Crippen LogP) is 2.66. The molecule has 1 fully saturated rings. The molecular weight excluding hydrogens is 348 g/mol. The largest absolute Gasteiger partial charge is 0.475 e. The minimum absolute atomic E-state index is 0.0721. The summed E-state index contributed by atoms with van der Waals surface area (Å²) in [6.07, 6.45) is 0.348. The van der Waals surface area contributed by atoms with Crippen LogP contribution in [0, 0.1) is 0 Å². The van der Waals surface area contributed by atoms with Crippen molar-refractivity contribution in [3.8, 4) is 0 Å². The molecule has 1 aromatic rings. The molecule has 0 aliphatic carbocycles. The van der Waals surface area contributed by atoms with Crippen LogP contribution in [0.5, 0.6) is 0 Å². The summed E-state index contributed by atoms with van der Waals surface area (Å²) in [7, 11) is 0. The number of carboxylic acids is 1. The zero-order chi connectivity index (χ0) is 18.8. The van der Waals surface area contributed by atoms with Crippen molar-refractivity contribution < 1.29 is 19.4 Å². The Labute approximate surface area is 151 Å². The fourth-order valence-electron chi connectivity index (χ4n) is 2.64. The molecule has 2 rings (SSSR count). The lowest BCUT2D eigenvalue weighted by Crippen LogP contribution is -2.43. The number of carbonyl (C=O) groups is 2. The van der Waals surface area contributed by atoms with E-state index in [4.69, 9.17) is 21.4 Å². The number of halogens is 1. The van der Waals surface area contributed by atoms with Gasteiger partial charge in [-0.3, -0.25) is 0 Å². The number of anilines is 1. The van der Waals surface area contributed by atoms with Gasteiger partial charge in [0.1, 0.15) is 16.6 Å². The Kier molecular flexibility index (Phi) is 5.72. The van der Waals surface area contributed by atoms with Crippen LogP contribution in [-0.4, -0.2) is 63.3 Å². The van der Waals surface area contributed by atoms with Gasteiger partial charge in [0.05, 0.1) is 0 Å². The van der Waals surface area contributed by atoms with Crippen LogP contribution in [0.1, 0.15) is 44.7 Å². The van der Waals surface area contributed by atoms with Gasteiger partial charge in [0.2, 0.25) is 5.82 Å². The van der Waals surface area contributed by atoms with E-state index >= 15 is 0 Å². The molecule has 1 atom stereocenters. The summed E-state index contributed by atoms with van der Waals surface area (Å²) in [6, 6.07) is 1.45. The minimum atomic E-state index is -1.23. The number of aromatic carboxylic acids is 1. The lowest BCUT2D eigenvalue weighted by Gasteiger charge is -2.31. The van der Waals surface area contributed by atoms with E-state index < -0.39 is 11.6 Å². The van der Waals surface area contributed by atoms with Crippen molar-refractivity contribution in [2.75, 3.05) is 24.5 Å². The van der Waals surface area contributed by atoms with Crippen molar-refractivity contribution in [1.82, 2.24) is 14.9 Å². The average molecular weight is 371 g/mol. The first kappa shape index (κ1) is 19.2. The van der Waals surface area contributed by atoms with Crippen molar-refractivity contribution in [2.24, 2.45) is 0 Å². The third-order valence-corrected chi connectivity index (χ3v) is 3.86. The highest BCUT2D eigenvalue weighted by molar-refractivity contribution is 6.29. The maximum atomic E-state index is 12.3. The molecule has 25 heavy (non-hydrogen) atoms. The van der Waals surface area contributed by atoms with Crippen LogP contribution in [0.3, 0.4) is 0 Å². The number of aromatic nitrogens is 2. The molecule has 0 unspecified atom stereocenters. The molecule has 1 N–H and O–H groups in total. The van der Waals surface area contributed by atoms with Crippen LogP contribution in [0.25, 0.3) is 0 Å². The van der Waals surface area contributed by atoms with Gasteiger partial charge in [0, 0.05) is 31.7 Å². The average Bonchev–Trinajstić information content (AvgIpc) is 2.66. The summed E-state index contributed by atoms with van der Waals surface area (Å²) in [6.45, 7) is 9.05. The topological polar surface area (TPSA) is 95.9 Å². The van der Waals surface area contributed by atoms with Gasteiger partial charge in [-0.15, -0.1) is 0 Å². The van der Waals surface area contributed by atoms with Crippen LogP contribution in [0.2, 0.25) is 5.15 Å². The zero-order valence-electron chi connectivity index (χ0n) is 14.8. The molecular formula is C16H23ClN4O4. The first-order chi connectivity index (χ1) is 11.6. The quantitative estimate of drug-likeness (QED) is 0.799. The van der Waals surface area contributed by atoms with E-state index in [9.17, 15) is 9.59 Å². The second kappa shape index (κ2) is 7.43. The highest BCUT2D eigenvalue weighted by Gasteiger charge is 2.29. The number of rotatable bonds is 2. The van der Waals surface area contributed by atoms with Gasteiger partial charge in [0.15, 0.2) is 0 Å². The maximum Gasteiger partial charge on any atom is 0.410 e. The fourth-order valence-corrected chi connectivity index (χ4v) is 2.82. The molecule has 1 aliphatic rings. The van der Waals surface area contributed by atoms with Crippen LogP contribution in [0.15, 0.2) is 6.07 Å². The SMILES string of the molecule is C[C@H]1CN(C(=O)OC(C)(C)C)CCCN1c1cc(Cl)nc(C(=O)O)n1. The molecule has 138 valence electrons. The number of hydrogen-bond donors (Lipinski definition) is 1. The lowest BCUT2D eigenvalue weighted by molar-refractivity contribution is 0.0251. The van der Waals surface area contributed by atoms with Crippen molar-refractivity contribution >= 4 is 29.5 Å². The van der Waals surface area contributed by atoms with Gasteiger partial charge in [-0.2, -0.15) is 0 Å². The van der Waals surface area contributed by atoms with E-state index in [0.717, 1.165) is 0 Å². The molecule has 1 aromatic heterocycles. The minimum Gasteiger partial charge on any atom is -0.475 e. The Morgan fingerprint density at radius 2 is 2.00 bits per heavy atom. The van der Waals surface area contributed by atoms with E-state index in [1.165, 1.54) is 6.07 Å². The van der Waals surface area contributed by atoms with Crippen LogP contribution in [0.4, 0.5) is 10.6 Å². The van der Waals surface area contributed by atoms with Gasteiger partial charge in [-0.05, 0) is 34.1 Å². The first-order valence-electron chi connectivity index (χ1n) is 8.09. The van der Waals surface area contributed by atoms with Crippen molar-refractivity contribution in [3.05, 3.63) is 17.0 Å². The Hall–Kier alpha value is -2.09. The second-order valence-electron chi connectivity index (χ2n) is 7.00. The highest BCUT2D eigenvalue weighted by atomic mass is 35.5. The molecule has 1 amide bonds. The van der Waals surface area contributed by atoms with Gasteiger partial charge >= 0.3 is 12.1 Å². The molecule has 0 aromatic carbocycles. The lowest BCUT2D eigenvalue weighted by atomic mass is 10.2. The normalized spacial score (nSPS) is 18.7. The number of ether oxygens (including phenoxy) is 1. The summed E-state index contributed by atoms with van der Waals surface area (Å²) >= 11 is 5.93. The molecule has 0 bridgehead atoms. The van der Waals surface area contributed by atoms with Crippen LogP contribution >= 0.6 is 11.6 Å². The van der Waals surface area contributed by atoms with E-state index in [2.05, 4.69) is 9.97 Å². The number of carboxylic acid groups (broad SMARTS) is 1. The Bertz CT molecular complexity index is 662. The molecule has 0 saturated carbocycles. The summed E-state index contributed by atoms with van der Waals surface area (Å²) < 4.78 is 5.44. The second-order valence-corrected chi connectivity index (χ2v) is 7.39. The van der Waals surface area contributed by atoms with Crippen LogP contribution in [-0.2, 0) is 4.74 Å². The Morgan fingerprint density at radius 1 is 1.32 bits per heavy atom.